The van der Waals surface area contributed by atoms with Crippen LogP contribution in [0.5, 0.6) is 5.75 Å². The van der Waals surface area contributed by atoms with Gasteiger partial charge in [0, 0.05) is 48.8 Å². The van der Waals surface area contributed by atoms with Crippen LogP contribution in [0.1, 0.15) is 58.1 Å². The molecule has 1 aliphatic heterocycles. The molecule has 204 valence electrons. The zero-order chi connectivity index (χ0) is 27.8. The molecule has 4 rings (SSSR count). The van der Waals surface area contributed by atoms with Crippen LogP contribution in [-0.2, 0) is 6.42 Å². The number of fused-ring (bicyclic) bond motifs is 1. The van der Waals surface area contributed by atoms with E-state index in [1.807, 2.05) is 62.3 Å². The minimum Gasteiger partial charge on any atom is -0.457 e. The Morgan fingerprint density at radius 3 is 2.67 bits per heavy atom. The SMILES string of the molecule is C/C=N\N1C=CC(Oc2ccc(Nc3ncnc4cc(CCC)c(N(C)CCCC)cc34)cc2C)=C/C1=C\C. The van der Waals surface area contributed by atoms with Crippen molar-refractivity contribution in [2.45, 2.75) is 60.3 Å². The van der Waals surface area contributed by atoms with Gasteiger partial charge in [0.1, 0.15) is 23.7 Å². The van der Waals surface area contributed by atoms with E-state index < -0.39 is 0 Å². The van der Waals surface area contributed by atoms with Crippen LogP contribution in [0, 0.1) is 6.92 Å². The number of hydrogen-bond acceptors (Lipinski definition) is 7. The van der Waals surface area contributed by atoms with E-state index in [0.29, 0.717) is 0 Å². The second-order valence-electron chi connectivity index (χ2n) is 9.75. The molecule has 0 radical (unpaired) electrons. The number of aryl methyl sites for hydroxylation is 2. The van der Waals surface area contributed by atoms with Gasteiger partial charge in [0.15, 0.2) is 0 Å². The number of anilines is 3. The highest BCUT2D eigenvalue weighted by molar-refractivity contribution is 5.94. The molecule has 7 heteroatoms. The number of allylic oxidation sites excluding steroid dienone is 3. The predicted octanol–water partition coefficient (Wildman–Crippen LogP) is 7.87. The van der Waals surface area contributed by atoms with E-state index in [1.54, 1.807) is 12.5 Å². The van der Waals surface area contributed by atoms with Gasteiger partial charge in [0.2, 0.25) is 0 Å². The van der Waals surface area contributed by atoms with Crippen molar-refractivity contribution >= 4 is 34.3 Å². The van der Waals surface area contributed by atoms with Gasteiger partial charge in [-0.05, 0) is 81.1 Å². The largest absolute Gasteiger partial charge is 0.457 e. The van der Waals surface area contributed by atoms with E-state index in [9.17, 15) is 0 Å². The molecule has 2 heterocycles. The Hall–Kier alpha value is -4.13. The second kappa shape index (κ2) is 13.1. The molecule has 1 N–H and O–H groups in total. The third kappa shape index (κ3) is 6.66. The van der Waals surface area contributed by atoms with Crippen LogP contribution in [0.2, 0.25) is 0 Å². The number of nitrogens with one attached hydrogen (secondary N) is 1. The van der Waals surface area contributed by atoms with Crippen LogP contribution in [0.25, 0.3) is 10.9 Å². The van der Waals surface area contributed by atoms with Crippen molar-refractivity contribution in [3.05, 3.63) is 83.7 Å². The molecule has 0 atom stereocenters. The average Bonchev–Trinajstić information content (AvgIpc) is 2.94. The quantitative estimate of drug-likeness (QED) is 0.257. The van der Waals surface area contributed by atoms with E-state index in [0.717, 1.165) is 71.0 Å². The number of benzene rings is 2. The Bertz CT molecular complexity index is 1420. The third-order valence-corrected chi connectivity index (χ3v) is 6.75. The van der Waals surface area contributed by atoms with Crippen molar-refractivity contribution in [1.29, 1.82) is 0 Å². The third-order valence-electron chi connectivity index (χ3n) is 6.75. The molecule has 0 fully saturated rings. The Morgan fingerprint density at radius 2 is 1.95 bits per heavy atom. The van der Waals surface area contributed by atoms with Crippen molar-refractivity contribution in [2.75, 3.05) is 23.8 Å². The van der Waals surface area contributed by atoms with Gasteiger partial charge < -0.3 is 15.0 Å². The van der Waals surface area contributed by atoms with Gasteiger partial charge in [0.05, 0.1) is 11.2 Å². The lowest BCUT2D eigenvalue weighted by Crippen LogP contribution is -2.20. The summed E-state index contributed by atoms with van der Waals surface area (Å²) in [4.78, 5) is 11.6. The van der Waals surface area contributed by atoms with Gasteiger partial charge in [-0.3, -0.25) is 0 Å². The molecule has 7 nitrogen and oxygen atoms in total. The minimum absolute atomic E-state index is 0.763. The molecule has 1 aromatic heterocycles. The van der Waals surface area contributed by atoms with Gasteiger partial charge >= 0.3 is 0 Å². The smallest absolute Gasteiger partial charge is 0.141 e. The highest BCUT2D eigenvalue weighted by Crippen LogP contribution is 2.33. The molecule has 0 aliphatic carbocycles. The van der Waals surface area contributed by atoms with E-state index >= 15 is 0 Å². The summed E-state index contributed by atoms with van der Waals surface area (Å²) >= 11 is 0. The number of hydrazone groups is 1. The Labute approximate surface area is 232 Å². The molecule has 2 aromatic carbocycles. The maximum atomic E-state index is 6.23. The second-order valence-corrected chi connectivity index (χ2v) is 9.75. The Kier molecular flexibility index (Phi) is 9.36. The number of unbranched alkanes of at least 4 members (excludes halogenated alkanes) is 1. The molecule has 0 unspecified atom stereocenters. The van der Waals surface area contributed by atoms with Gasteiger partial charge in [-0.1, -0.05) is 32.8 Å². The van der Waals surface area contributed by atoms with Gasteiger partial charge in [-0.25, -0.2) is 15.0 Å². The fraction of sp³-hybridized carbons (Fsp3) is 0.344. The predicted molar refractivity (Wildman–Crippen MR) is 164 cm³/mol. The topological polar surface area (TPSA) is 65.9 Å². The van der Waals surface area contributed by atoms with Crippen molar-refractivity contribution in [3.8, 4) is 5.75 Å². The first-order valence-electron chi connectivity index (χ1n) is 13.9. The fourth-order valence-electron chi connectivity index (χ4n) is 4.68. The van der Waals surface area contributed by atoms with Crippen LogP contribution in [0.3, 0.4) is 0 Å². The molecule has 1 aliphatic rings. The molecule has 0 spiro atoms. The van der Waals surface area contributed by atoms with Crippen molar-refractivity contribution < 1.29 is 4.74 Å². The van der Waals surface area contributed by atoms with Crippen LogP contribution < -0.4 is 15.0 Å². The summed E-state index contributed by atoms with van der Waals surface area (Å²) in [5, 5.41) is 10.7. The number of aromatic nitrogens is 2. The van der Waals surface area contributed by atoms with Crippen molar-refractivity contribution in [3.63, 3.8) is 0 Å². The van der Waals surface area contributed by atoms with Crippen LogP contribution in [0.4, 0.5) is 17.2 Å². The summed E-state index contributed by atoms with van der Waals surface area (Å²) in [7, 11) is 2.18. The maximum absolute atomic E-state index is 6.23. The van der Waals surface area contributed by atoms with E-state index in [2.05, 4.69) is 64.4 Å². The number of rotatable bonds is 11. The average molecular weight is 525 g/mol. The maximum Gasteiger partial charge on any atom is 0.141 e. The summed E-state index contributed by atoms with van der Waals surface area (Å²) < 4.78 is 6.23. The zero-order valence-electron chi connectivity index (χ0n) is 24.0. The lowest BCUT2D eigenvalue weighted by Gasteiger charge is -2.23. The standard InChI is InChI=1S/C32H40N6O/c1-7-11-16-37(6)30-21-28-29(19-24(30)12-8-2)33-22-34-32(28)36-25-13-14-31(23(5)18-25)39-27-15-17-38(35-10-4)26(9-3)20-27/h9-10,13-15,17-22H,7-8,11-12,16H2,1-6H3,(H,33,34,36)/b26-9+,35-10-. The first-order chi connectivity index (χ1) is 19.0. The fourth-order valence-corrected chi connectivity index (χ4v) is 4.68. The summed E-state index contributed by atoms with van der Waals surface area (Å²) in [6.45, 7) is 11.4. The lowest BCUT2D eigenvalue weighted by molar-refractivity contribution is 0.420. The highest BCUT2D eigenvalue weighted by Gasteiger charge is 2.14. The van der Waals surface area contributed by atoms with Crippen LogP contribution in [0.15, 0.2) is 77.6 Å². The normalized spacial score (nSPS) is 14.4. The number of hydrogen-bond donors (Lipinski definition) is 1. The van der Waals surface area contributed by atoms with Crippen molar-refractivity contribution in [2.24, 2.45) is 5.10 Å². The molecule has 0 saturated heterocycles. The molecule has 3 aromatic rings. The highest BCUT2D eigenvalue weighted by atomic mass is 16.5. The van der Waals surface area contributed by atoms with E-state index in [1.165, 1.54) is 17.7 Å². The molecular formula is C32H40N6O. The van der Waals surface area contributed by atoms with Crippen molar-refractivity contribution in [1.82, 2.24) is 15.0 Å². The molecule has 0 amide bonds. The van der Waals surface area contributed by atoms with Crippen LogP contribution in [-0.4, -0.2) is 34.8 Å². The lowest BCUT2D eigenvalue weighted by atomic mass is 10.0. The molecule has 39 heavy (non-hydrogen) atoms. The molecule has 0 bridgehead atoms. The Balaban J connectivity index is 1.59. The summed E-state index contributed by atoms with van der Waals surface area (Å²) in [6, 6.07) is 10.6. The molecular weight excluding hydrogens is 484 g/mol. The first kappa shape index (κ1) is 27.9. The van der Waals surface area contributed by atoms with E-state index in [-0.39, 0.29) is 0 Å². The minimum atomic E-state index is 0.763. The number of ether oxygens (including phenoxy) is 1. The van der Waals surface area contributed by atoms with Gasteiger partial charge in [-0.15, -0.1) is 0 Å². The summed E-state index contributed by atoms with van der Waals surface area (Å²) in [5.41, 5.74) is 6.48. The summed E-state index contributed by atoms with van der Waals surface area (Å²) in [5.74, 6) is 2.36. The van der Waals surface area contributed by atoms with E-state index in [4.69, 9.17) is 4.74 Å². The number of nitrogens with zero attached hydrogens (tertiary/aromatic N) is 5. The van der Waals surface area contributed by atoms with Gasteiger partial charge in [0.25, 0.3) is 0 Å². The summed E-state index contributed by atoms with van der Waals surface area (Å²) in [6.07, 6.45) is 15.7. The van der Waals surface area contributed by atoms with Gasteiger partial charge in [-0.2, -0.15) is 5.10 Å². The molecule has 0 saturated carbocycles. The monoisotopic (exact) mass is 524 g/mol. The first-order valence-corrected chi connectivity index (χ1v) is 13.9. The Morgan fingerprint density at radius 1 is 1.10 bits per heavy atom. The zero-order valence-corrected chi connectivity index (χ0v) is 24.0. The van der Waals surface area contributed by atoms with Crippen LogP contribution >= 0.6 is 0 Å².